The highest BCUT2D eigenvalue weighted by atomic mass is 32.1. The Morgan fingerprint density at radius 2 is 2.14 bits per heavy atom. The number of nitrogens with one attached hydrogen (secondary N) is 1. The number of nitrogens with zero attached hydrogens (tertiary/aromatic N) is 3. The fourth-order valence-electron chi connectivity index (χ4n) is 3.10. The van der Waals surface area contributed by atoms with Crippen LogP contribution in [-0.2, 0) is 6.54 Å². The second-order valence-electron chi connectivity index (χ2n) is 6.42. The minimum absolute atomic E-state index is 0.221. The van der Waals surface area contributed by atoms with E-state index in [4.69, 9.17) is 0 Å². The molecule has 5 heteroatoms. The van der Waals surface area contributed by atoms with Crippen molar-refractivity contribution in [1.29, 1.82) is 0 Å². The Balaban J connectivity index is 1.61. The summed E-state index contributed by atoms with van der Waals surface area (Å²) in [6, 6.07) is 11.2. The molecule has 1 unspecified atom stereocenters. The zero-order valence-electron chi connectivity index (χ0n) is 12.6. The number of hydrogen-bond donors (Lipinski definition) is 1. The van der Waals surface area contributed by atoms with Gasteiger partial charge >= 0.3 is 0 Å². The number of benzene rings is 1. The molecule has 0 aliphatic carbocycles. The van der Waals surface area contributed by atoms with Crippen LogP contribution in [0.25, 0.3) is 0 Å². The smallest absolute Gasteiger partial charge is 0.202 e. The van der Waals surface area contributed by atoms with Crippen LogP contribution < -0.4 is 5.32 Å². The van der Waals surface area contributed by atoms with Crippen LogP contribution in [0.2, 0.25) is 0 Å². The average Bonchev–Trinajstić information content (AvgIpc) is 2.95. The molecule has 1 aliphatic heterocycles. The van der Waals surface area contributed by atoms with Crippen LogP contribution in [0.3, 0.4) is 0 Å². The maximum atomic E-state index is 4.25. The van der Waals surface area contributed by atoms with Crippen molar-refractivity contribution >= 4 is 16.7 Å². The molecule has 1 fully saturated rings. The molecule has 1 saturated heterocycles. The van der Waals surface area contributed by atoms with Crippen molar-refractivity contribution in [2.45, 2.75) is 32.9 Å². The van der Waals surface area contributed by atoms with Gasteiger partial charge in [-0.05, 0) is 17.4 Å². The molecule has 0 saturated carbocycles. The predicted octanol–water partition coefficient (Wildman–Crippen LogP) is 3.25. The van der Waals surface area contributed by atoms with Gasteiger partial charge in [0, 0.05) is 37.2 Å². The van der Waals surface area contributed by atoms with Gasteiger partial charge in [-0.15, -0.1) is 0 Å². The summed E-state index contributed by atoms with van der Waals surface area (Å²) >= 11 is 1.43. The van der Waals surface area contributed by atoms with E-state index in [2.05, 4.69) is 63.8 Å². The molecule has 1 aromatic heterocycles. The maximum Gasteiger partial charge on any atom is 0.202 e. The van der Waals surface area contributed by atoms with Gasteiger partial charge in [0.2, 0.25) is 5.13 Å². The van der Waals surface area contributed by atoms with Gasteiger partial charge in [-0.1, -0.05) is 44.2 Å². The lowest BCUT2D eigenvalue weighted by atomic mass is 9.79. The van der Waals surface area contributed by atoms with Crippen molar-refractivity contribution < 1.29 is 0 Å². The van der Waals surface area contributed by atoms with Crippen molar-refractivity contribution in [2.75, 3.05) is 18.4 Å². The summed E-state index contributed by atoms with van der Waals surface area (Å²) in [7, 11) is 0. The largest absolute Gasteiger partial charge is 0.357 e. The molecule has 21 heavy (non-hydrogen) atoms. The van der Waals surface area contributed by atoms with Crippen molar-refractivity contribution in [3.05, 3.63) is 42.2 Å². The third kappa shape index (κ3) is 3.60. The molecule has 112 valence electrons. The standard InChI is InChI=1S/C16H22N4S/c1-16(2)11-20(10-13-6-4-3-5-7-13)9-8-14(16)19-15-17-12-18-21-15/h3-7,12,14H,8-11H2,1-2H3,(H,17,18,19). The molecule has 3 rings (SSSR count). The molecule has 2 aromatic rings. The first-order valence-electron chi connectivity index (χ1n) is 7.43. The van der Waals surface area contributed by atoms with Gasteiger partial charge in [0.05, 0.1) is 0 Å². The van der Waals surface area contributed by atoms with Crippen LogP contribution >= 0.6 is 11.5 Å². The number of anilines is 1. The molecule has 2 heterocycles. The summed E-state index contributed by atoms with van der Waals surface area (Å²) in [4.78, 5) is 6.79. The summed E-state index contributed by atoms with van der Waals surface area (Å²) in [5.41, 5.74) is 1.61. The number of hydrogen-bond acceptors (Lipinski definition) is 5. The summed E-state index contributed by atoms with van der Waals surface area (Å²) in [6.45, 7) is 7.93. The second-order valence-corrected chi connectivity index (χ2v) is 7.20. The summed E-state index contributed by atoms with van der Waals surface area (Å²) in [5.74, 6) is 0. The lowest BCUT2D eigenvalue weighted by Crippen LogP contribution is -2.51. The highest BCUT2D eigenvalue weighted by Gasteiger charge is 2.36. The zero-order chi connectivity index (χ0) is 14.7. The Morgan fingerprint density at radius 3 is 2.81 bits per heavy atom. The van der Waals surface area contributed by atoms with Crippen molar-refractivity contribution in [3.63, 3.8) is 0 Å². The molecule has 1 atom stereocenters. The lowest BCUT2D eigenvalue weighted by molar-refractivity contribution is 0.0978. The van der Waals surface area contributed by atoms with Gasteiger partial charge in [0.1, 0.15) is 6.33 Å². The molecule has 4 nitrogen and oxygen atoms in total. The molecular weight excluding hydrogens is 280 g/mol. The summed E-state index contributed by atoms with van der Waals surface area (Å²) in [5, 5.41) is 4.49. The van der Waals surface area contributed by atoms with E-state index in [1.165, 1.54) is 17.1 Å². The van der Waals surface area contributed by atoms with Crippen molar-refractivity contribution in [3.8, 4) is 0 Å². The highest BCUT2D eigenvalue weighted by molar-refractivity contribution is 7.09. The average molecular weight is 302 g/mol. The van der Waals surface area contributed by atoms with E-state index < -0.39 is 0 Å². The van der Waals surface area contributed by atoms with Crippen LogP contribution in [0.4, 0.5) is 5.13 Å². The minimum Gasteiger partial charge on any atom is -0.357 e. The SMILES string of the molecule is CC1(C)CN(Cc2ccccc2)CCC1Nc1ncns1. The summed E-state index contributed by atoms with van der Waals surface area (Å²) in [6.07, 6.45) is 2.75. The van der Waals surface area contributed by atoms with Gasteiger partial charge in [0.15, 0.2) is 0 Å². The van der Waals surface area contributed by atoms with E-state index in [0.29, 0.717) is 6.04 Å². The third-order valence-electron chi connectivity index (χ3n) is 4.22. The molecule has 0 spiro atoms. The van der Waals surface area contributed by atoms with Gasteiger partial charge in [-0.3, -0.25) is 4.90 Å². The van der Waals surface area contributed by atoms with Crippen LogP contribution in [0.5, 0.6) is 0 Å². The molecular formula is C16H22N4S. The third-order valence-corrected chi connectivity index (χ3v) is 4.81. The van der Waals surface area contributed by atoms with Gasteiger partial charge in [-0.2, -0.15) is 4.37 Å². The number of piperidine rings is 1. The molecule has 1 aromatic carbocycles. The Bertz CT molecular complexity index is 553. The fraction of sp³-hybridized carbons (Fsp3) is 0.500. The Kier molecular flexibility index (Phi) is 4.22. The molecule has 0 radical (unpaired) electrons. The number of aromatic nitrogens is 2. The van der Waals surface area contributed by atoms with E-state index in [1.54, 1.807) is 6.33 Å². The normalized spacial score (nSPS) is 22.1. The van der Waals surface area contributed by atoms with E-state index in [1.807, 2.05) is 0 Å². The fourth-order valence-corrected chi connectivity index (χ4v) is 3.58. The Hall–Kier alpha value is -1.46. The molecule has 1 N–H and O–H groups in total. The quantitative estimate of drug-likeness (QED) is 0.941. The molecule has 0 bridgehead atoms. The maximum absolute atomic E-state index is 4.25. The van der Waals surface area contributed by atoms with Crippen LogP contribution in [0.1, 0.15) is 25.8 Å². The van der Waals surface area contributed by atoms with Gasteiger partial charge in [-0.25, -0.2) is 4.98 Å². The van der Waals surface area contributed by atoms with Crippen LogP contribution in [0.15, 0.2) is 36.7 Å². The van der Waals surface area contributed by atoms with Crippen LogP contribution in [0, 0.1) is 5.41 Å². The van der Waals surface area contributed by atoms with E-state index in [0.717, 1.165) is 31.2 Å². The molecule has 1 aliphatic rings. The van der Waals surface area contributed by atoms with Crippen molar-refractivity contribution in [1.82, 2.24) is 14.3 Å². The second kappa shape index (κ2) is 6.12. The first-order valence-corrected chi connectivity index (χ1v) is 8.20. The predicted molar refractivity (Wildman–Crippen MR) is 87.4 cm³/mol. The van der Waals surface area contributed by atoms with Gasteiger partial charge < -0.3 is 5.32 Å². The zero-order valence-corrected chi connectivity index (χ0v) is 13.4. The lowest BCUT2D eigenvalue weighted by Gasteiger charge is -2.44. The Labute approximate surface area is 130 Å². The first kappa shape index (κ1) is 14.5. The van der Waals surface area contributed by atoms with E-state index in [-0.39, 0.29) is 5.41 Å². The van der Waals surface area contributed by atoms with Gasteiger partial charge in [0.25, 0.3) is 0 Å². The first-order chi connectivity index (χ1) is 10.1. The number of rotatable bonds is 4. The van der Waals surface area contributed by atoms with E-state index in [9.17, 15) is 0 Å². The summed E-state index contributed by atoms with van der Waals surface area (Å²) < 4.78 is 4.06. The molecule has 0 amide bonds. The topological polar surface area (TPSA) is 41.0 Å². The minimum atomic E-state index is 0.221. The van der Waals surface area contributed by atoms with Crippen molar-refractivity contribution in [2.24, 2.45) is 5.41 Å². The van der Waals surface area contributed by atoms with E-state index >= 15 is 0 Å². The monoisotopic (exact) mass is 302 g/mol. The highest BCUT2D eigenvalue weighted by Crippen LogP contribution is 2.32. The van der Waals surface area contributed by atoms with Crippen LogP contribution in [-0.4, -0.2) is 33.4 Å². The number of likely N-dealkylation sites (tertiary alicyclic amines) is 1. The Morgan fingerprint density at radius 1 is 1.33 bits per heavy atom.